The van der Waals surface area contributed by atoms with E-state index >= 15 is 0 Å². The van der Waals surface area contributed by atoms with Crippen LogP contribution in [0.5, 0.6) is 0 Å². The van der Waals surface area contributed by atoms with Crippen LogP contribution in [0.25, 0.3) is 53.2 Å². The molecule has 2 aromatic heterocycles. The molecule has 246 valence electrons. The van der Waals surface area contributed by atoms with E-state index in [4.69, 9.17) is 4.42 Å². The van der Waals surface area contributed by atoms with Crippen molar-refractivity contribution in [2.45, 2.75) is 0 Å². The topological polar surface area (TPSA) is 19.6 Å². The monoisotopic (exact) mass is 684 g/mol. The van der Waals surface area contributed by atoms with Crippen LogP contribution in [-0.4, -0.2) is 0 Å². The maximum atomic E-state index is 6.42. The Hall–Kier alpha value is -6.62. The minimum absolute atomic E-state index is 0.872. The van der Waals surface area contributed by atoms with Gasteiger partial charge in [-0.2, -0.15) is 0 Å². The Morgan fingerprint density at radius 3 is 1.60 bits per heavy atom. The van der Waals surface area contributed by atoms with Crippen molar-refractivity contribution in [3.63, 3.8) is 0 Å². The summed E-state index contributed by atoms with van der Waals surface area (Å²) >= 11 is 1.85. The highest BCUT2D eigenvalue weighted by molar-refractivity contribution is 7.26. The van der Waals surface area contributed by atoms with Gasteiger partial charge in [0.15, 0.2) is 0 Å². The third-order valence-electron chi connectivity index (χ3n) is 9.84. The summed E-state index contributed by atoms with van der Waals surface area (Å²) in [5.41, 5.74) is 10.8. The summed E-state index contributed by atoms with van der Waals surface area (Å²) in [4.78, 5) is 4.79. The van der Waals surface area contributed by atoms with E-state index in [0.717, 1.165) is 56.1 Å². The number of thiophene rings is 1. The van der Waals surface area contributed by atoms with Crippen molar-refractivity contribution < 1.29 is 4.42 Å². The molecule has 52 heavy (non-hydrogen) atoms. The predicted octanol–water partition coefficient (Wildman–Crippen LogP) is 14.6. The van der Waals surface area contributed by atoms with Crippen LogP contribution in [0.4, 0.5) is 34.1 Å². The average Bonchev–Trinajstić information content (AvgIpc) is 3.80. The number of rotatable bonds is 7. The molecule has 0 atom stereocenters. The molecule has 0 saturated carbocycles. The third-order valence-corrected chi connectivity index (χ3v) is 11.0. The van der Waals surface area contributed by atoms with Gasteiger partial charge in [0.1, 0.15) is 11.2 Å². The van der Waals surface area contributed by atoms with Gasteiger partial charge >= 0.3 is 0 Å². The molecule has 0 fully saturated rings. The summed E-state index contributed by atoms with van der Waals surface area (Å²) in [6.07, 6.45) is 0. The molecule has 0 aliphatic heterocycles. The molecular formula is C48H32N2OS. The summed E-state index contributed by atoms with van der Waals surface area (Å²) in [6, 6.07) is 69.0. The van der Waals surface area contributed by atoms with Crippen LogP contribution in [0.3, 0.4) is 0 Å². The number of anilines is 6. The molecule has 0 saturated heterocycles. The smallest absolute Gasteiger partial charge is 0.137 e. The quantitative estimate of drug-likeness (QED) is 0.167. The van der Waals surface area contributed by atoms with Gasteiger partial charge in [-0.1, -0.05) is 121 Å². The molecule has 0 N–H and O–H groups in total. The zero-order valence-electron chi connectivity index (χ0n) is 28.2. The fraction of sp³-hybridized carbons (Fsp3) is 0. The second-order valence-electron chi connectivity index (χ2n) is 12.9. The molecule has 0 bridgehead atoms. The summed E-state index contributed by atoms with van der Waals surface area (Å²) in [7, 11) is 0. The van der Waals surface area contributed by atoms with E-state index in [-0.39, 0.29) is 0 Å². The molecule has 0 amide bonds. The van der Waals surface area contributed by atoms with Crippen molar-refractivity contribution in [3.8, 4) is 11.1 Å². The first-order valence-corrected chi connectivity index (χ1v) is 18.3. The molecule has 0 spiro atoms. The van der Waals surface area contributed by atoms with E-state index in [1.165, 1.54) is 31.3 Å². The van der Waals surface area contributed by atoms with Gasteiger partial charge in [0.25, 0.3) is 0 Å². The van der Waals surface area contributed by atoms with Crippen molar-refractivity contribution in [1.82, 2.24) is 0 Å². The lowest BCUT2D eigenvalue weighted by Crippen LogP contribution is -2.10. The lowest BCUT2D eigenvalue weighted by Gasteiger charge is -2.27. The maximum absolute atomic E-state index is 6.42. The van der Waals surface area contributed by atoms with Gasteiger partial charge in [-0.05, 0) is 83.9 Å². The Kier molecular flexibility index (Phi) is 7.33. The van der Waals surface area contributed by atoms with Crippen molar-refractivity contribution in [2.24, 2.45) is 0 Å². The van der Waals surface area contributed by atoms with Crippen molar-refractivity contribution >= 4 is 87.6 Å². The number of nitrogens with zero attached hydrogens (tertiary/aromatic N) is 2. The number of hydrogen-bond acceptors (Lipinski definition) is 4. The van der Waals surface area contributed by atoms with Gasteiger partial charge in [0.2, 0.25) is 0 Å². The number of furan rings is 1. The molecule has 2 heterocycles. The Morgan fingerprint density at radius 1 is 0.346 bits per heavy atom. The maximum Gasteiger partial charge on any atom is 0.137 e. The number of fused-ring (bicyclic) bond motifs is 6. The first kappa shape index (κ1) is 30.2. The molecule has 10 aromatic rings. The number of para-hydroxylation sites is 3. The van der Waals surface area contributed by atoms with E-state index in [0.29, 0.717) is 0 Å². The van der Waals surface area contributed by atoms with Gasteiger partial charge in [0, 0.05) is 37.9 Å². The first-order valence-electron chi connectivity index (χ1n) is 17.5. The molecule has 8 aromatic carbocycles. The number of hydrogen-bond donors (Lipinski definition) is 0. The molecule has 4 heteroatoms. The van der Waals surface area contributed by atoms with E-state index in [9.17, 15) is 0 Å². The Bertz CT molecular complexity index is 2800. The lowest BCUT2D eigenvalue weighted by atomic mass is 10.0. The normalized spacial score (nSPS) is 11.5. The minimum atomic E-state index is 0.872. The van der Waals surface area contributed by atoms with Gasteiger partial charge in [0.05, 0.1) is 27.1 Å². The zero-order valence-corrected chi connectivity index (χ0v) is 29.0. The molecule has 10 rings (SSSR count). The standard InChI is InChI=1S/C48H32N2OS/c1-4-15-33(16-5-1)34-29-31-37(32-30-34)50(40-23-13-27-44-46(40)38-21-10-11-26-43(38)51-44)42-25-12-22-39-47-41(24-14-28-45(47)52-48(39)42)49(35-17-6-2-7-18-35)36-19-8-3-9-20-36/h1-32H. The minimum Gasteiger partial charge on any atom is -0.456 e. The van der Waals surface area contributed by atoms with Crippen LogP contribution >= 0.6 is 11.3 Å². The van der Waals surface area contributed by atoms with Gasteiger partial charge in [-0.25, -0.2) is 0 Å². The summed E-state index contributed by atoms with van der Waals surface area (Å²) in [5.74, 6) is 0. The number of benzene rings is 8. The molecular weight excluding hydrogens is 653 g/mol. The summed E-state index contributed by atoms with van der Waals surface area (Å²) in [6.45, 7) is 0. The first-order chi connectivity index (χ1) is 25.8. The SMILES string of the molecule is c1ccc(-c2ccc(N(c3cccc4c3sc3cccc(N(c5ccccc5)c5ccccc5)c34)c3cccc4oc5ccccc5c34)cc2)cc1. The highest BCUT2D eigenvalue weighted by Gasteiger charge is 2.24. The van der Waals surface area contributed by atoms with Crippen LogP contribution in [0.2, 0.25) is 0 Å². The fourth-order valence-corrected chi connectivity index (χ4v) is 8.77. The van der Waals surface area contributed by atoms with Crippen LogP contribution < -0.4 is 9.80 Å². The highest BCUT2D eigenvalue weighted by atomic mass is 32.1. The second kappa shape index (κ2) is 12.6. The van der Waals surface area contributed by atoms with Crippen LogP contribution in [0.15, 0.2) is 199 Å². The third kappa shape index (κ3) is 5.04. The Balaban J connectivity index is 1.23. The fourth-order valence-electron chi connectivity index (χ4n) is 7.54. The van der Waals surface area contributed by atoms with Crippen molar-refractivity contribution in [3.05, 3.63) is 194 Å². The molecule has 0 radical (unpaired) electrons. The Labute approximate surface area is 305 Å². The van der Waals surface area contributed by atoms with E-state index < -0.39 is 0 Å². The van der Waals surface area contributed by atoms with Gasteiger partial charge in [-0.3, -0.25) is 0 Å². The van der Waals surface area contributed by atoms with Crippen LogP contribution in [0.1, 0.15) is 0 Å². The molecule has 3 nitrogen and oxygen atoms in total. The predicted molar refractivity (Wildman–Crippen MR) is 221 cm³/mol. The molecule has 0 aliphatic rings. The van der Waals surface area contributed by atoms with E-state index in [1.54, 1.807) is 0 Å². The highest BCUT2D eigenvalue weighted by Crippen LogP contribution is 2.50. The summed E-state index contributed by atoms with van der Waals surface area (Å²) < 4.78 is 8.89. The van der Waals surface area contributed by atoms with Crippen molar-refractivity contribution in [1.29, 1.82) is 0 Å². The van der Waals surface area contributed by atoms with Crippen molar-refractivity contribution in [2.75, 3.05) is 9.80 Å². The Morgan fingerprint density at radius 2 is 0.865 bits per heavy atom. The lowest BCUT2D eigenvalue weighted by molar-refractivity contribution is 0.669. The second-order valence-corrected chi connectivity index (χ2v) is 14.0. The van der Waals surface area contributed by atoms with Crippen LogP contribution in [0, 0.1) is 0 Å². The van der Waals surface area contributed by atoms with E-state index in [1.807, 2.05) is 17.4 Å². The average molecular weight is 685 g/mol. The van der Waals surface area contributed by atoms with Gasteiger partial charge in [-0.15, -0.1) is 11.3 Å². The molecule has 0 unspecified atom stereocenters. The largest absolute Gasteiger partial charge is 0.456 e. The van der Waals surface area contributed by atoms with Crippen LogP contribution in [-0.2, 0) is 0 Å². The van der Waals surface area contributed by atoms with E-state index in [2.05, 4.69) is 198 Å². The molecule has 0 aliphatic carbocycles. The zero-order chi connectivity index (χ0) is 34.4. The van der Waals surface area contributed by atoms with Gasteiger partial charge < -0.3 is 14.2 Å². The summed E-state index contributed by atoms with van der Waals surface area (Å²) in [5, 5.41) is 4.66.